The molecule has 94 valence electrons. The molecule has 1 aromatic heterocycles. The van der Waals surface area contributed by atoms with Crippen molar-refractivity contribution in [3.05, 3.63) is 47.1 Å². The predicted molar refractivity (Wildman–Crippen MR) is 66.6 cm³/mol. The summed E-state index contributed by atoms with van der Waals surface area (Å²) in [5.41, 5.74) is 1.07. The van der Waals surface area contributed by atoms with E-state index in [1.807, 2.05) is 0 Å². The maximum Gasteiger partial charge on any atom is 0.337 e. The van der Waals surface area contributed by atoms with Gasteiger partial charge in [-0.05, 0) is 18.2 Å². The first-order valence-corrected chi connectivity index (χ1v) is 5.57. The van der Waals surface area contributed by atoms with Crippen LogP contribution in [0.15, 0.2) is 35.2 Å². The van der Waals surface area contributed by atoms with Crippen molar-refractivity contribution in [2.75, 3.05) is 12.4 Å². The molecule has 0 spiro atoms. The van der Waals surface area contributed by atoms with Crippen LogP contribution < -0.4 is 5.32 Å². The van der Waals surface area contributed by atoms with Crippen LogP contribution in [0.3, 0.4) is 0 Å². The quantitative estimate of drug-likeness (QED) is 0.862. The van der Waals surface area contributed by atoms with E-state index in [2.05, 4.69) is 15.0 Å². The number of carbonyl (C=O) groups excluding carboxylic acids is 1. The minimum atomic E-state index is -0.408. The molecule has 18 heavy (non-hydrogen) atoms. The minimum Gasteiger partial charge on any atom is -0.465 e. The van der Waals surface area contributed by atoms with Crippen molar-refractivity contribution >= 4 is 23.3 Å². The second kappa shape index (κ2) is 5.55. The first kappa shape index (κ1) is 12.4. The molecule has 0 aliphatic rings. The number of benzene rings is 1. The average molecular weight is 267 g/mol. The van der Waals surface area contributed by atoms with Gasteiger partial charge in [0.05, 0.1) is 36.1 Å². The lowest BCUT2D eigenvalue weighted by Gasteiger charge is -2.08. The largest absolute Gasteiger partial charge is 0.465 e. The normalized spacial score (nSPS) is 10.1. The molecule has 2 aromatic rings. The maximum absolute atomic E-state index is 11.4. The number of carbonyl (C=O) groups is 1. The van der Waals surface area contributed by atoms with Gasteiger partial charge in [-0.25, -0.2) is 9.78 Å². The standard InChI is InChI=1S/C12H11ClN2O3/c1-17-12(16)8-2-3-10(13)11(4-8)15-6-9-5-14-7-18-9/h2-5,7,15H,6H2,1H3. The Labute approximate surface area is 109 Å². The van der Waals surface area contributed by atoms with E-state index in [1.165, 1.54) is 13.5 Å². The fourth-order valence-electron chi connectivity index (χ4n) is 1.42. The zero-order valence-corrected chi connectivity index (χ0v) is 10.4. The van der Waals surface area contributed by atoms with Gasteiger partial charge in [0.15, 0.2) is 6.39 Å². The lowest BCUT2D eigenvalue weighted by atomic mass is 10.2. The third-order valence-corrected chi connectivity index (χ3v) is 2.65. The van der Waals surface area contributed by atoms with Crippen LogP contribution in [0.25, 0.3) is 0 Å². The summed E-state index contributed by atoms with van der Waals surface area (Å²) < 4.78 is 9.73. The number of esters is 1. The number of halogens is 1. The molecule has 1 heterocycles. The van der Waals surface area contributed by atoms with Gasteiger partial charge in [0.25, 0.3) is 0 Å². The van der Waals surface area contributed by atoms with Crippen LogP contribution in [0.5, 0.6) is 0 Å². The Bertz CT molecular complexity index is 540. The van der Waals surface area contributed by atoms with Crippen molar-refractivity contribution in [2.24, 2.45) is 0 Å². The third-order valence-electron chi connectivity index (χ3n) is 2.32. The number of methoxy groups -OCH3 is 1. The van der Waals surface area contributed by atoms with Gasteiger partial charge in [0.1, 0.15) is 5.76 Å². The SMILES string of the molecule is COC(=O)c1ccc(Cl)c(NCc2cnco2)c1. The number of hydrogen-bond donors (Lipinski definition) is 1. The molecular weight excluding hydrogens is 256 g/mol. The van der Waals surface area contributed by atoms with Crippen LogP contribution in [0, 0.1) is 0 Å². The van der Waals surface area contributed by atoms with Crippen LogP contribution >= 0.6 is 11.6 Å². The third kappa shape index (κ3) is 2.81. The lowest BCUT2D eigenvalue weighted by molar-refractivity contribution is 0.0601. The van der Waals surface area contributed by atoms with E-state index >= 15 is 0 Å². The molecule has 1 N–H and O–H groups in total. The van der Waals surface area contributed by atoms with E-state index in [0.29, 0.717) is 28.6 Å². The van der Waals surface area contributed by atoms with Crippen molar-refractivity contribution in [3.63, 3.8) is 0 Å². The van der Waals surface area contributed by atoms with E-state index in [9.17, 15) is 4.79 Å². The zero-order valence-electron chi connectivity index (χ0n) is 9.64. The molecule has 6 heteroatoms. The molecule has 0 bridgehead atoms. The summed E-state index contributed by atoms with van der Waals surface area (Å²) in [5, 5.41) is 3.58. The van der Waals surface area contributed by atoms with Crippen LogP contribution in [0.4, 0.5) is 5.69 Å². The fourth-order valence-corrected chi connectivity index (χ4v) is 1.60. The van der Waals surface area contributed by atoms with Crippen LogP contribution in [0.1, 0.15) is 16.1 Å². The molecule has 0 unspecified atom stereocenters. The molecule has 0 fully saturated rings. The van der Waals surface area contributed by atoms with E-state index < -0.39 is 5.97 Å². The molecule has 2 rings (SSSR count). The average Bonchev–Trinajstić information content (AvgIpc) is 2.90. The van der Waals surface area contributed by atoms with Crippen molar-refractivity contribution in [2.45, 2.75) is 6.54 Å². The van der Waals surface area contributed by atoms with E-state index in [0.717, 1.165) is 0 Å². The summed E-state index contributed by atoms with van der Waals surface area (Å²) in [5.74, 6) is 0.268. The highest BCUT2D eigenvalue weighted by molar-refractivity contribution is 6.33. The molecule has 0 amide bonds. The number of nitrogens with zero attached hydrogens (tertiary/aromatic N) is 1. The summed E-state index contributed by atoms with van der Waals surface area (Å²) in [4.78, 5) is 15.2. The summed E-state index contributed by atoms with van der Waals surface area (Å²) in [6.45, 7) is 0.435. The molecular formula is C12H11ClN2O3. The number of aromatic nitrogens is 1. The van der Waals surface area contributed by atoms with Gasteiger partial charge in [0, 0.05) is 0 Å². The van der Waals surface area contributed by atoms with Crippen LogP contribution in [-0.4, -0.2) is 18.1 Å². The number of rotatable bonds is 4. The molecule has 0 saturated heterocycles. The van der Waals surface area contributed by atoms with Gasteiger partial charge >= 0.3 is 5.97 Å². The molecule has 0 aliphatic carbocycles. The van der Waals surface area contributed by atoms with Gasteiger partial charge < -0.3 is 14.5 Å². The van der Waals surface area contributed by atoms with E-state index in [1.54, 1.807) is 24.4 Å². The molecule has 0 radical (unpaired) electrons. The topological polar surface area (TPSA) is 64.4 Å². The fraction of sp³-hybridized carbons (Fsp3) is 0.167. The Morgan fingerprint density at radius 1 is 1.56 bits per heavy atom. The van der Waals surface area contributed by atoms with Gasteiger partial charge in [-0.3, -0.25) is 0 Å². The number of oxazole rings is 1. The smallest absolute Gasteiger partial charge is 0.337 e. The monoisotopic (exact) mass is 266 g/mol. The second-order valence-corrected chi connectivity index (χ2v) is 3.91. The van der Waals surface area contributed by atoms with Crippen molar-refractivity contribution in [3.8, 4) is 0 Å². The summed E-state index contributed by atoms with van der Waals surface area (Å²) in [7, 11) is 1.33. The Morgan fingerprint density at radius 2 is 2.39 bits per heavy atom. The number of nitrogens with one attached hydrogen (secondary N) is 1. The number of ether oxygens (including phenoxy) is 1. The highest BCUT2D eigenvalue weighted by Crippen LogP contribution is 2.24. The predicted octanol–water partition coefficient (Wildman–Crippen LogP) is 2.73. The Kier molecular flexibility index (Phi) is 3.84. The molecule has 5 nitrogen and oxygen atoms in total. The van der Waals surface area contributed by atoms with E-state index in [-0.39, 0.29) is 0 Å². The van der Waals surface area contributed by atoms with Crippen LogP contribution in [0.2, 0.25) is 5.02 Å². The molecule has 0 aliphatic heterocycles. The molecule has 0 saturated carbocycles. The highest BCUT2D eigenvalue weighted by atomic mass is 35.5. The Hall–Kier alpha value is -2.01. The maximum atomic E-state index is 11.4. The van der Waals surface area contributed by atoms with Crippen molar-refractivity contribution in [1.82, 2.24) is 4.98 Å². The first-order valence-electron chi connectivity index (χ1n) is 5.20. The number of anilines is 1. The summed E-state index contributed by atoms with van der Waals surface area (Å²) in [6, 6.07) is 4.87. The minimum absolute atomic E-state index is 0.408. The Morgan fingerprint density at radius 3 is 3.06 bits per heavy atom. The number of hydrogen-bond acceptors (Lipinski definition) is 5. The van der Waals surface area contributed by atoms with Gasteiger partial charge in [-0.2, -0.15) is 0 Å². The highest BCUT2D eigenvalue weighted by Gasteiger charge is 2.09. The Balaban J connectivity index is 2.13. The van der Waals surface area contributed by atoms with Crippen molar-refractivity contribution < 1.29 is 13.9 Å². The summed E-state index contributed by atoms with van der Waals surface area (Å²) in [6.07, 6.45) is 2.95. The van der Waals surface area contributed by atoms with Gasteiger partial charge in [-0.15, -0.1) is 0 Å². The van der Waals surface area contributed by atoms with Gasteiger partial charge in [-0.1, -0.05) is 11.6 Å². The molecule has 1 aromatic carbocycles. The zero-order chi connectivity index (χ0) is 13.0. The summed E-state index contributed by atoms with van der Waals surface area (Å²) >= 11 is 6.02. The van der Waals surface area contributed by atoms with Crippen molar-refractivity contribution in [1.29, 1.82) is 0 Å². The lowest BCUT2D eigenvalue weighted by Crippen LogP contribution is -2.04. The second-order valence-electron chi connectivity index (χ2n) is 3.51. The van der Waals surface area contributed by atoms with Crippen LogP contribution in [-0.2, 0) is 11.3 Å². The van der Waals surface area contributed by atoms with Gasteiger partial charge in [0.2, 0.25) is 0 Å². The first-order chi connectivity index (χ1) is 8.70. The van der Waals surface area contributed by atoms with E-state index in [4.69, 9.17) is 16.0 Å². The molecule has 0 atom stereocenters.